The molecule has 37 heavy (non-hydrogen) atoms. The van der Waals surface area contributed by atoms with Crippen molar-refractivity contribution in [2.24, 2.45) is 0 Å². The number of likely N-dealkylation sites (tertiary alicyclic amines) is 1. The second-order valence-electron chi connectivity index (χ2n) is 10.3. The van der Waals surface area contributed by atoms with Crippen LogP contribution in [0.4, 0.5) is 5.69 Å². The van der Waals surface area contributed by atoms with Gasteiger partial charge in [0.2, 0.25) is 0 Å². The summed E-state index contributed by atoms with van der Waals surface area (Å²) in [6.07, 6.45) is 5.67. The molecule has 0 atom stereocenters. The van der Waals surface area contributed by atoms with E-state index in [9.17, 15) is 19.5 Å². The standard InChI is InChI=1S/C28H35N5O4/c1-18-24(17-22-21-16-20(28(36)37)6-7-23(21)30-26(22)34)29-19(2)25(18)27(35)33-14-12-32(13-15-33)11-10-31-8-4-3-5-9-31/h6-7,16-17,29H,3-5,8-15H2,1-2H3,(H,30,34)(H,36,37). The molecule has 0 bridgehead atoms. The molecule has 4 heterocycles. The fraction of sp³-hybridized carbons (Fsp3) is 0.464. The number of aromatic nitrogens is 1. The van der Waals surface area contributed by atoms with E-state index in [1.54, 1.807) is 12.1 Å². The largest absolute Gasteiger partial charge is 0.478 e. The summed E-state index contributed by atoms with van der Waals surface area (Å²) < 4.78 is 0. The van der Waals surface area contributed by atoms with Crippen molar-refractivity contribution in [3.05, 3.63) is 51.8 Å². The van der Waals surface area contributed by atoms with E-state index in [2.05, 4.69) is 20.1 Å². The van der Waals surface area contributed by atoms with Gasteiger partial charge < -0.3 is 25.2 Å². The third kappa shape index (κ3) is 5.19. The summed E-state index contributed by atoms with van der Waals surface area (Å²) >= 11 is 0. The lowest BCUT2D eigenvalue weighted by molar-refractivity contribution is -0.110. The van der Waals surface area contributed by atoms with Crippen LogP contribution in [0.1, 0.15) is 62.5 Å². The van der Waals surface area contributed by atoms with Crippen LogP contribution in [0.25, 0.3) is 11.6 Å². The van der Waals surface area contributed by atoms with E-state index in [0.29, 0.717) is 41.2 Å². The van der Waals surface area contributed by atoms with Gasteiger partial charge in [0.25, 0.3) is 11.8 Å². The van der Waals surface area contributed by atoms with Gasteiger partial charge >= 0.3 is 5.97 Å². The van der Waals surface area contributed by atoms with Gasteiger partial charge in [-0.3, -0.25) is 14.5 Å². The summed E-state index contributed by atoms with van der Waals surface area (Å²) in [6, 6.07) is 4.58. The first-order chi connectivity index (χ1) is 17.8. The van der Waals surface area contributed by atoms with Crippen LogP contribution in [-0.4, -0.2) is 94.9 Å². The highest BCUT2D eigenvalue weighted by Gasteiger charge is 2.29. The van der Waals surface area contributed by atoms with Gasteiger partial charge in [0.05, 0.1) is 16.7 Å². The van der Waals surface area contributed by atoms with Crippen molar-refractivity contribution in [3.63, 3.8) is 0 Å². The predicted molar refractivity (Wildman–Crippen MR) is 143 cm³/mol. The maximum atomic E-state index is 13.5. The minimum absolute atomic E-state index is 0.0102. The average Bonchev–Trinajstić information content (AvgIpc) is 3.37. The Morgan fingerprint density at radius 3 is 2.32 bits per heavy atom. The monoisotopic (exact) mass is 505 g/mol. The molecule has 0 saturated carbocycles. The molecule has 0 aliphatic carbocycles. The summed E-state index contributed by atoms with van der Waals surface area (Å²) in [5, 5.41) is 12.1. The Hall–Kier alpha value is -3.43. The number of aromatic amines is 1. The van der Waals surface area contributed by atoms with Crippen molar-refractivity contribution < 1.29 is 19.5 Å². The number of rotatable bonds is 6. The lowest BCUT2D eigenvalue weighted by Crippen LogP contribution is -2.50. The Bertz CT molecular complexity index is 1250. The van der Waals surface area contributed by atoms with Crippen LogP contribution in [0.5, 0.6) is 0 Å². The lowest BCUT2D eigenvalue weighted by Gasteiger charge is -2.36. The van der Waals surface area contributed by atoms with Crippen LogP contribution < -0.4 is 5.32 Å². The van der Waals surface area contributed by atoms with Crippen molar-refractivity contribution in [1.82, 2.24) is 19.7 Å². The van der Waals surface area contributed by atoms with E-state index in [1.165, 1.54) is 44.5 Å². The van der Waals surface area contributed by atoms with Gasteiger partial charge in [0.15, 0.2) is 0 Å². The molecule has 1 aromatic carbocycles. The van der Waals surface area contributed by atoms with E-state index in [0.717, 1.165) is 37.4 Å². The molecule has 2 saturated heterocycles. The second kappa shape index (κ2) is 10.5. The molecule has 5 rings (SSSR count). The summed E-state index contributed by atoms with van der Waals surface area (Å²) in [5.41, 5.74) is 4.50. The molecule has 9 nitrogen and oxygen atoms in total. The number of piperidine rings is 1. The molecular weight excluding hydrogens is 470 g/mol. The van der Waals surface area contributed by atoms with Crippen LogP contribution >= 0.6 is 0 Å². The van der Waals surface area contributed by atoms with E-state index >= 15 is 0 Å². The van der Waals surface area contributed by atoms with E-state index in [4.69, 9.17) is 0 Å². The Morgan fingerprint density at radius 2 is 1.65 bits per heavy atom. The third-order valence-corrected chi connectivity index (χ3v) is 7.87. The number of hydrogen-bond donors (Lipinski definition) is 3. The zero-order valence-corrected chi connectivity index (χ0v) is 21.6. The Labute approximate surface area is 217 Å². The number of aryl methyl sites for hydroxylation is 1. The molecule has 0 unspecified atom stereocenters. The summed E-state index contributed by atoms with van der Waals surface area (Å²) in [7, 11) is 0. The van der Waals surface area contributed by atoms with Gasteiger partial charge in [0, 0.05) is 61.9 Å². The number of fused-ring (bicyclic) bond motifs is 1. The number of H-pyrrole nitrogens is 1. The van der Waals surface area contributed by atoms with Crippen LogP contribution in [0.2, 0.25) is 0 Å². The number of anilines is 1. The minimum atomic E-state index is -1.05. The highest BCUT2D eigenvalue weighted by molar-refractivity contribution is 6.35. The van der Waals surface area contributed by atoms with Crippen LogP contribution in [0.15, 0.2) is 18.2 Å². The molecular formula is C28H35N5O4. The fourth-order valence-electron chi connectivity index (χ4n) is 5.65. The van der Waals surface area contributed by atoms with Crippen LogP contribution in [0, 0.1) is 13.8 Å². The Kier molecular flexibility index (Phi) is 7.17. The molecule has 1 aromatic heterocycles. The van der Waals surface area contributed by atoms with Gasteiger partial charge in [-0.2, -0.15) is 0 Å². The number of carboxylic acid groups (broad SMARTS) is 1. The normalized spacial score (nSPS) is 19.8. The molecule has 3 N–H and O–H groups in total. The quantitative estimate of drug-likeness (QED) is 0.521. The van der Waals surface area contributed by atoms with E-state index in [-0.39, 0.29) is 17.4 Å². The summed E-state index contributed by atoms with van der Waals surface area (Å²) in [4.78, 5) is 47.8. The molecule has 9 heteroatoms. The zero-order valence-electron chi connectivity index (χ0n) is 21.6. The number of amides is 2. The molecule has 3 aliphatic rings. The average molecular weight is 506 g/mol. The minimum Gasteiger partial charge on any atom is -0.478 e. The molecule has 3 aliphatic heterocycles. The van der Waals surface area contributed by atoms with Crippen LogP contribution in [-0.2, 0) is 4.79 Å². The number of carbonyl (C=O) groups is 3. The number of nitrogens with one attached hydrogen (secondary N) is 2. The second-order valence-corrected chi connectivity index (χ2v) is 10.3. The van der Waals surface area contributed by atoms with Gasteiger partial charge in [-0.1, -0.05) is 6.42 Å². The first-order valence-electron chi connectivity index (χ1n) is 13.2. The highest BCUT2D eigenvalue weighted by atomic mass is 16.4. The van der Waals surface area contributed by atoms with Gasteiger partial charge in [-0.15, -0.1) is 0 Å². The van der Waals surface area contributed by atoms with Gasteiger partial charge in [-0.05, 0) is 69.6 Å². The number of carboxylic acids is 1. The van der Waals surface area contributed by atoms with E-state index in [1.807, 2.05) is 18.7 Å². The van der Waals surface area contributed by atoms with Gasteiger partial charge in [-0.25, -0.2) is 4.79 Å². The van der Waals surface area contributed by atoms with Crippen LogP contribution in [0.3, 0.4) is 0 Å². The topological polar surface area (TPSA) is 109 Å². The Morgan fingerprint density at radius 1 is 0.973 bits per heavy atom. The smallest absolute Gasteiger partial charge is 0.335 e. The number of hydrogen-bond acceptors (Lipinski definition) is 5. The summed E-state index contributed by atoms with van der Waals surface area (Å²) in [6.45, 7) is 11.5. The highest BCUT2D eigenvalue weighted by Crippen LogP contribution is 2.35. The molecule has 2 fully saturated rings. The van der Waals surface area contributed by atoms with Crippen molar-refractivity contribution in [2.75, 3.05) is 57.7 Å². The fourth-order valence-corrected chi connectivity index (χ4v) is 5.65. The number of benzene rings is 1. The molecule has 2 amide bonds. The third-order valence-electron chi connectivity index (χ3n) is 7.87. The Balaban J connectivity index is 1.28. The predicted octanol–water partition coefficient (Wildman–Crippen LogP) is 3.07. The first-order valence-corrected chi connectivity index (χ1v) is 13.2. The van der Waals surface area contributed by atoms with Gasteiger partial charge in [0.1, 0.15) is 0 Å². The molecule has 0 spiro atoms. The maximum absolute atomic E-state index is 13.5. The molecule has 2 aromatic rings. The lowest BCUT2D eigenvalue weighted by atomic mass is 10.0. The number of nitrogens with zero attached hydrogens (tertiary/aromatic N) is 3. The maximum Gasteiger partial charge on any atom is 0.335 e. The van der Waals surface area contributed by atoms with Crippen molar-refractivity contribution in [1.29, 1.82) is 0 Å². The number of aromatic carboxylic acids is 1. The molecule has 196 valence electrons. The molecule has 0 radical (unpaired) electrons. The van der Waals surface area contributed by atoms with E-state index < -0.39 is 5.97 Å². The summed E-state index contributed by atoms with van der Waals surface area (Å²) in [5.74, 6) is -1.33. The number of carbonyl (C=O) groups excluding carboxylic acids is 2. The zero-order chi connectivity index (χ0) is 26.1. The number of piperazine rings is 1. The van der Waals surface area contributed by atoms with Crippen molar-refractivity contribution in [3.8, 4) is 0 Å². The van der Waals surface area contributed by atoms with Crippen molar-refractivity contribution >= 4 is 35.1 Å². The first kappa shape index (κ1) is 25.2. The SMILES string of the molecule is Cc1[nH]c(C=C2C(=O)Nc3ccc(C(=O)O)cc32)c(C)c1C(=O)N1CCN(CCN2CCCCC2)CC1. The van der Waals surface area contributed by atoms with Crippen molar-refractivity contribution in [2.45, 2.75) is 33.1 Å².